The maximum Gasteiger partial charge on any atom is 0.139 e. The van der Waals surface area contributed by atoms with Crippen LogP contribution >= 0.6 is 15.9 Å². The van der Waals surface area contributed by atoms with Gasteiger partial charge in [0.1, 0.15) is 5.75 Å². The van der Waals surface area contributed by atoms with E-state index in [1.54, 1.807) is 0 Å². The van der Waals surface area contributed by atoms with E-state index in [1.165, 1.54) is 0 Å². The van der Waals surface area contributed by atoms with Crippen molar-refractivity contribution in [1.29, 1.82) is 0 Å². The van der Waals surface area contributed by atoms with Gasteiger partial charge in [0.05, 0.1) is 10.2 Å². The van der Waals surface area contributed by atoms with Crippen LogP contribution in [0.25, 0.3) is 0 Å². The Balaban J connectivity index is 2.46. The number of hydrogen-bond donors (Lipinski definition) is 1. The summed E-state index contributed by atoms with van der Waals surface area (Å²) in [6, 6.07) is 5.57. The number of phenolic OH excluding ortho intramolecular Hbond substituents is 1. The number of aromatic hydroxyl groups is 1. The van der Waals surface area contributed by atoms with Gasteiger partial charge in [0.2, 0.25) is 0 Å². The molecule has 0 bridgehead atoms. The summed E-state index contributed by atoms with van der Waals surface area (Å²) in [5.41, 5.74) is 1.64. The molecule has 1 heterocycles. The van der Waals surface area contributed by atoms with Gasteiger partial charge in [0.25, 0.3) is 0 Å². The van der Waals surface area contributed by atoms with Crippen molar-refractivity contribution in [2.45, 2.75) is 6.42 Å². The summed E-state index contributed by atoms with van der Waals surface area (Å²) in [4.78, 5) is 4.35. The third-order valence-corrected chi connectivity index (χ3v) is 2.76. The van der Waals surface area contributed by atoms with Gasteiger partial charge in [-0.3, -0.25) is 4.99 Å². The van der Waals surface area contributed by atoms with Gasteiger partial charge in [-0.25, -0.2) is 0 Å². The van der Waals surface area contributed by atoms with Gasteiger partial charge < -0.3 is 5.11 Å². The Labute approximate surface area is 91.1 Å². The maximum atomic E-state index is 9.79. The minimum absolute atomic E-state index is 0.262. The first kappa shape index (κ1) is 9.46. The lowest BCUT2D eigenvalue weighted by atomic mass is 10.1. The molecule has 14 heavy (non-hydrogen) atoms. The number of allylic oxidation sites excluding steroid dienone is 1. The first-order chi connectivity index (χ1) is 6.79. The molecule has 0 radical (unpaired) electrons. The molecular formula is C11H10BrNO. The van der Waals surface area contributed by atoms with Gasteiger partial charge in [0, 0.05) is 12.1 Å². The summed E-state index contributed by atoms with van der Waals surface area (Å²) in [6.07, 6.45) is 5.01. The van der Waals surface area contributed by atoms with E-state index >= 15 is 0 Å². The van der Waals surface area contributed by atoms with Crippen molar-refractivity contribution in [2.75, 3.05) is 6.54 Å². The van der Waals surface area contributed by atoms with E-state index in [0.717, 1.165) is 24.2 Å². The van der Waals surface area contributed by atoms with E-state index in [0.29, 0.717) is 4.47 Å². The Morgan fingerprint density at radius 2 is 2.21 bits per heavy atom. The number of phenols is 1. The molecule has 3 heteroatoms. The Bertz CT molecular complexity index is 410. The average Bonchev–Trinajstić information content (AvgIpc) is 2.23. The molecule has 0 unspecified atom stereocenters. The second kappa shape index (κ2) is 3.96. The van der Waals surface area contributed by atoms with Crippen LogP contribution < -0.4 is 0 Å². The van der Waals surface area contributed by atoms with Crippen LogP contribution in [0.15, 0.2) is 39.8 Å². The van der Waals surface area contributed by atoms with Crippen LogP contribution in [0.5, 0.6) is 5.75 Å². The van der Waals surface area contributed by atoms with Gasteiger partial charge in [-0.15, -0.1) is 0 Å². The van der Waals surface area contributed by atoms with Crippen molar-refractivity contribution in [1.82, 2.24) is 0 Å². The van der Waals surface area contributed by atoms with Crippen LogP contribution in [0.2, 0.25) is 0 Å². The molecule has 72 valence electrons. The van der Waals surface area contributed by atoms with E-state index in [-0.39, 0.29) is 5.75 Å². The predicted molar refractivity (Wildman–Crippen MR) is 61.0 cm³/mol. The van der Waals surface area contributed by atoms with E-state index < -0.39 is 0 Å². The molecule has 1 aromatic carbocycles. The summed E-state index contributed by atoms with van der Waals surface area (Å²) in [6.45, 7) is 0.803. The van der Waals surface area contributed by atoms with Crippen LogP contribution in [0.1, 0.15) is 12.0 Å². The SMILES string of the molecule is Oc1c(Br)cccc1C1=NCCC=C1. The summed E-state index contributed by atoms with van der Waals surface area (Å²) >= 11 is 3.28. The van der Waals surface area contributed by atoms with E-state index in [9.17, 15) is 5.11 Å². The topological polar surface area (TPSA) is 32.6 Å². The number of rotatable bonds is 1. The molecule has 0 fully saturated rings. The minimum Gasteiger partial charge on any atom is -0.506 e. The second-order valence-electron chi connectivity index (χ2n) is 3.09. The molecule has 1 aromatic rings. The fourth-order valence-electron chi connectivity index (χ4n) is 1.40. The molecule has 0 saturated carbocycles. The van der Waals surface area contributed by atoms with Crippen LogP contribution in [0, 0.1) is 0 Å². The molecule has 0 spiro atoms. The third-order valence-electron chi connectivity index (χ3n) is 2.12. The fourth-order valence-corrected chi connectivity index (χ4v) is 1.77. The summed E-state index contributed by atoms with van der Waals surface area (Å²) < 4.78 is 0.705. The normalized spacial score (nSPS) is 15.4. The molecule has 2 rings (SSSR count). The van der Waals surface area contributed by atoms with Gasteiger partial charge >= 0.3 is 0 Å². The van der Waals surface area contributed by atoms with Crippen LogP contribution in [-0.4, -0.2) is 17.4 Å². The lowest BCUT2D eigenvalue weighted by Crippen LogP contribution is -2.02. The van der Waals surface area contributed by atoms with Crippen molar-refractivity contribution in [3.8, 4) is 5.75 Å². The van der Waals surface area contributed by atoms with Crippen molar-refractivity contribution >= 4 is 21.6 Å². The lowest BCUT2D eigenvalue weighted by molar-refractivity contribution is 0.471. The lowest BCUT2D eigenvalue weighted by Gasteiger charge is -2.08. The minimum atomic E-state index is 0.262. The fraction of sp³-hybridized carbons (Fsp3) is 0.182. The Kier molecular flexibility index (Phi) is 2.68. The van der Waals surface area contributed by atoms with Gasteiger partial charge in [0.15, 0.2) is 0 Å². The molecule has 1 aliphatic rings. The largest absolute Gasteiger partial charge is 0.506 e. The molecule has 1 N–H and O–H groups in total. The van der Waals surface area contributed by atoms with Crippen molar-refractivity contribution in [3.05, 3.63) is 40.4 Å². The van der Waals surface area contributed by atoms with Crippen LogP contribution in [-0.2, 0) is 0 Å². The molecule has 1 aliphatic heterocycles. The maximum absolute atomic E-state index is 9.79. The molecule has 2 nitrogen and oxygen atoms in total. The Morgan fingerprint density at radius 3 is 2.93 bits per heavy atom. The molecule has 0 saturated heterocycles. The average molecular weight is 252 g/mol. The standard InChI is InChI=1S/C11H10BrNO/c12-9-5-3-4-8(11(9)14)10-6-1-2-7-13-10/h1,3-6,14H,2,7H2. The number of para-hydroxylation sites is 1. The summed E-state index contributed by atoms with van der Waals surface area (Å²) in [7, 11) is 0. The predicted octanol–water partition coefficient (Wildman–Crippen LogP) is 2.90. The molecule has 0 aliphatic carbocycles. The third kappa shape index (κ3) is 1.73. The summed E-state index contributed by atoms with van der Waals surface area (Å²) in [5, 5.41) is 9.79. The highest BCUT2D eigenvalue weighted by molar-refractivity contribution is 9.10. The molecule has 0 amide bonds. The number of halogens is 1. The zero-order valence-corrected chi connectivity index (χ0v) is 9.16. The molecular weight excluding hydrogens is 242 g/mol. The number of benzene rings is 1. The zero-order valence-electron chi connectivity index (χ0n) is 7.57. The number of dihydropyridines is 1. The molecule has 0 atom stereocenters. The first-order valence-electron chi connectivity index (χ1n) is 4.48. The Hall–Kier alpha value is -1.09. The second-order valence-corrected chi connectivity index (χ2v) is 3.95. The van der Waals surface area contributed by atoms with Gasteiger partial charge in [-0.1, -0.05) is 12.1 Å². The highest BCUT2D eigenvalue weighted by atomic mass is 79.9. The quantitative estimate of drug-likeness (QED) is 0.818. The van der Waals surface area contributed by atoms with Gasteiger partial charge in [-0.2, -0.15) is 0 Å². The Morgan fingerprint density at radius 1 is 1.36 bits per heavy atom. The number of hydrogen-bond acceptors (Lipinski definition) is 2. The molecule has 0 aromatic heterocycles. The number of aliphatic imine (C=N–C) groups is 1. The van der Waals surface area contributed by atoms with E-state index in [4.69, 9.17) is 0 Å². The highest BCUT2D eigenvalue weighted by Crippen LogP contribution is 2.28. The monoisotopic (exact) mass is 251 g/mol. The van der Waals surface area contributed by atoms with Crippen molar-refractivity contribution < 1.29 is 5.11 Å². The smallest absolute Gasteiger partial charge is 0.139 e. The highest BCUT2D eigenvalue weighted by Gasteiger charge is 2.09. The van der Waals surface area contributed by atoms with Crippen LogP contribution in [0.4, 0.5) is 0 Å². The zero-order chi connectivity index (χ0) is 9.97. The number of nitrogens with zero attached hydrogens (tertiary/aromatic N) is 1. The van der Waals surface area contributed by atoms with E-state index in [2.05, 4.69) is 27.0 Å². The first-order valence-corrected chi connectivity index (χ1v) is 5.27. The van der Waals surface area contributed by atoms with Gasteiger partial charge in [-0.05, 0) is 40.6 Å². The van der Waals surface area contributed by atoms with E-state index in [1.807, 2.05) is 24.3 Å². The van der Waals surface area contributed by atoms with Crippen LogP contribution in [0.3, 0.4) is 0 Å². The van der Waals surface area contributed by atoms with Crippen molar-refractivity contribution in [2.24, 2.45) is 4.99 Å². The van der Waals surface area contributed by atoms with Crippen molar-refractivity contribution in [3.63, 3.8) is 0 Å². The summed E-state index contributed by atoms with van der Waals surface area (Å²) in [5.74, 6) is 0.262.